The van der Waals surface area contributed by atoms with Crippen molar-refractivity contribution in [1.29, 1.82) is 0 Å². The van der Waals surface area contributed by atoms with E-state index >= 15 is 0 Å². The van der Waals surface area contributed by atoms with Crippen molar-refractivity contribution in [2.45, 2.75) is 31.0 Å². The Hall–Kier alpha value is -1.53. The number of aromatic nitrogens is 2. The fourth-order valence-corrected chi connectivity index (χ4v) is 2.62. The number of nitrogens with zero attached hydrogens (tertiary/aromatic N) is 2. The van der Waals surface area contributed by atoms with E-state index in [0.29, 0.717) is 12.1 Å². The van der Waals surface area contributed by atoms with Gasteiger partial charge in [0.2, 0.25) is 0 Å². The number of aliphatic hydroxyl groups is 1. The second kappa shape index (κ2) is 6.76. The molecule has 0 aliphatic rings. The van der Waals surface area contributed by atoms with Crippen LogP contribution in [0, 0.1) is 0 Å². The van der Waals surface area contributed by atoms with Crippen LogP contribution >= 0.6 is 11.8 Å². The highest BCUT2D eigenvalue weighted by Gasteiger charge is 2.18. The third kappa shape index (κ3) is 3.13. The van der Waals surface area contributed by atoms with Crippen molar-refractivity contribution < 1.29 is 9.90 Å². The maximum Gasteiger partial charge on any atom is 0.272 e. The van der Waals surface area contributed by atoms with Crippen LogP contribution in [-0.2, 0) is 0 Å². The number of hydrogen-bond acceptors (Lipinski definition) is 4. The van der Waals surface area contributed by atoms with Gasteiger partial charge in [-0.3, -0.25) is 9.20 Å². The number of rotatable bonds is 6. The molecule has 6 heteroatoms. The predicted octanol–water partition coefficient (Wildman–Crippen LogP) is 1.95. The number of carbonyl (C=O) groups is 1. The number of imidazole rings is 1. The number of carbonyl (C=O) groups excluding carboxylic acids is 1. The Morgan fingerprint density at radius 1 is 1.55 bits per heavy atom. The van der Waals surface area contributed by atoms with Gasteiger partial charge in [-0.15, -0.1) is 0 Å². The average Bonchev–Trinajstić information content (AvgIpc) is 2.84. The van der Waals surface area contributed by atoms with E-state index in [9.17, 15) is 4.79 Å². The number of aliphatic hydroxyl groups excluding tert-OH is 1. The lowest BCUT2D eigenvalue weighted by molar-refractivity contribution is 0.0933. The van der Waals surface area contributed by atoms with Crippen molar-refractivity contribution in [3.63, 3.8) is 0 Å². The second-order valence-electron chi connectivity index (χ2n) is 4.64. The van der Waals surface area contributed by atoms with Crippen molar-refractivity contribution >= 4 is 23.2 Å². The molecule has 0 saturated carbocycles. The highest BCUT2D eigenvalue weighted by atomic mass is 32.2. The van der Waals surface area contributed by atoms with Crippen LogP contribution in [0.3, 0.4) is 0 Å². The van der Waals surface area contributed by atoms with Gasteiger partial charge in [0.25, 0.3) is 5.91 Å². The van der Waals surface area contributed by atoms with Gasteiger partial charge in [0, 0.05) is 18.8 Å². The lowest BCUT2D eigenvalue weighted by Crippen LogP contribution is -2.33. The highest BCUT2D eigenvalue weighted by molar-refractivity contribution is 7.98. The SMILES string of the molecule is CSc1nc(C(=O)NC(C)CCCO)c2ccccn12. The summed E-state index contributed by atoms with van der Waals surface area (Å²) in [7, 11) is 0. The Morgan fingerprint density at radius 2 is 2.35 bits per heavy atom. The third-order valence-corrected chi connectivity index (χ3v) is 3.74. The van der Waals surface area contributed by atoms with Crippen LogP contribution in [0.15, 0.2) is 29.6 Å². The molecule has 0 aliphatic heterocycles. The number of pyridine rings is 1. The lowest BCUT2D eigenvalue weighted by atomic mass is 10.2. The molecule has 0 aliphatic carbocycles. The van der Waals surface area contributed by atoms with Gasteiger partial charge < -0.3 is 10.4 Å². The predicted molar refractivity (Wildman–Crippen MR) is 80.2 cm³/mol. The Labute approximate surface area is 122 Å². The minimum absolute atomic E-state index is 0.0211. The maximum atomic E-state index is 12.3. The summed E-state index contributed by atoms with van der Waals surface area (Å²) in [5, 5.41) is 12.5. The molecule has 0 fully saturated rings. The summed E-state index contributed by atoms with van der Waals surface area (Å²) in [6, 6.07) is 5.72. The first-order valence-corrected chi connectivity index (χ1v) is 7.82. The van der Waals surface area contributed by atoms with Crippen LogP contribution in [-0.4, -0.2) is 39.3 Å². The van der Waals surface area contributed by atoms with Crippen molar-refractivity contribution in [2.24, 2.45) is 0 Å². The van der Waals surface area contributed by atoms with Crippen LogP contribution in [0.25, 0.3) is 5.52 Å². The van der Waals surface area contributed by atoms with Gasteiger partial charge in [-0.25, -0.2) is 4.98 Å². The van der Waals surface area contributed by atoms with E-state index < -0.39 is 0 Å². The molecule has 2 rings (SSSR count). The Bertz CT molecular complexity index is 597. The molecule has 0 bridgehead atoms. The summed E-state index contributed by atoms with van der Waals surface area (Å²) in [6.07, 6.45) is 5.28. The van der Waals surface area contributed by atoms with Crippen LogP contribution in [0.2, 0.25) is 0 Å². The monoisotopic (exact) mass is 293 g/mol. The van der Waals surface area contributed by atoms with Gasteiger partial charge in [-0.05, 0) is 38.2 Å². The molecular formula is C14H19N3O2S. The molecular weight excluding hydrogens is 274 g/mol. The number of hydrogen-bond donors (Lipinski definition) is 2. The fourth-order valence-electron chi connectivity index (χ4n) is 2.08. The van der Waals surface area contributed by atoms with Crippen molar-refractivity contribution in [1.82, 2.24) is 14.7 Å². The minimum atomic E-state index is -0.167. The van der Waals surface area contributed by atoms with Gasteiger partial charge in [-0.1, -0.05) is 17.8 Å². The zero-order valence-corrected chi connectivity index (χ0v) is 12.5. The van der Waals surface area contributed by atoms with E-state index in [4.69, 9.17) is 5.11 Å². The van der Waals surface area contributed by atoms with E-state index in [0.717, 1.165) is 17.1 Å². The summed E-state index contributed by atoms with van der Waals surface area (Å²) >= 11 is 1.51. The highest BCUT2D eigenvalue weighted by Crippen LogP contribution is 2.19. The van der Waals surface area contributed by atoms with Crippen LogP contribution in [0.1, 0.15) is 30.3 Å². The number of thioether (sulfide) groups is 1. The third-order valence-electron chi connectivity index (χ3n) is 3.09. The zero-order valence-electron chi connectivity index (χ0n) is 11.7. The molecule has 1 amide bonds. The second-order valence-corrected chi connectivity index (χ2v) is 5.42. The summed E-state index contributed by atoms with van der Waals surface area (Å²) < 4.78 is 1.91. The zero-order chi connectivity index (χ0) is 14.5. The lowest BCUT2D eigenvalue weighted by Gasteiger charge is -2.12. The molecule has 1 unspecified atom stereocenters. The Morgan fingerprint density at radius 3 is 3.05 bits per heavy atom. The molecule has 108 valence electrons. The molecule has 20 heavy (non-hydrogen) atoms. The van der Waals surface area contributed by atoms with Crippen LogP contribution < -0.4 is 5.32 Å². The number of fused-ring (bicyclic) bond motifs is 1. The van der Waals surface area contributed by atoms with E-state index in [1.165, 1.54) is 11.8 Å². The normalized spacial score (nSPS) is 12.6. The van der Waals surface area contributed by atoms with Crippen molar-refractivity contribution in [3.05, 3.63) is 30.1 Å². The Kier molecular flexibility index (Phi) is 5.03. The molecule has 2 heterocycles. The van der Waals surface area contributed by atoms with Crippen LogP contribution in [0.5, 0.6) is 0 Å². The molecule has 2 N–H and O–H groups in total. The smallest absolute Gasteiger partial charge is 0.272 e. The topological polar surface area (TPSA) is 66.6 Å². The number of amides is 1. The first kappa shape index (κ1) is 14.9. The van der Waals surface area contributed by atoms with Crippen molar-refractivity contribution in [3.8, 4) is 0 Å². The molecule has 0 saturated heterocycles. The van der Waals surface area contributed by atoms with Gasteiger partial charge in [0.1, 0.15) is 0 Å². The van der Waals surface area contributed by atoms with E-state index in [1.54, 1.807) is 0 Å². The fraction of sp³-hybridized carbons (Fsp3) is 0.429. The molecule has 0 aromatic carbocycles. The van der Waals surface area contributed by atoms with Gasteiger partial charge in [-0.2, -0.15) is 0 Å². The molecule has 2 aromatic rings. The summed E-state index contributed by atoms with van der Waals surface area (Å²) in [6.45, 7) is 2.07. The van der Waals surface area contributed by atoms with Crippen LogP contribution in [0.4, 0.5) is 0 Å². The Balaban J connectivity index is 2.22. The van der Waals surface area contributed by atoms with E-state index in [2.05, 4.69) is 10.3 Å². The van der Waals surface area contributed by atoms with E-state index in [-0.39, 0.29) is 18.6 Å². The summed E-state index contributed by atoms with van der Waals surface area (Å²) in [5.41, 5.74) is 1.26. The first-order chi connectivity index (χ1) is 9.67. The van der Waals surface area contributed by atoms with Gasteiger partial charge in [0.15, 0.2) is 10.9 Å². The van der Waals surface area contributed by atoms with Gasteiger partial charge in [0.05, 0.1) is 5.52 Å². The van der Waals surface area contributed by atoms with Crippen molar-refractivity contribution in [2.75, 3.05) is 12.9 Å². The van der Waals surface area contributed by atoms with E-state index in [1.807, 2.05) is 42.0 Å². The largest absolute Gasteiger partial charge is 0.396 e. The maximum absolute atomic E-state index is 12.3. The molecule has 2 aromatic heterocycles. The molecule has 5 nitrogen and oxygen atoms in total. The first-order valence-electron chi connectivity index (χ1n) is 6.60. The quantitative estimate of drug-likeness (QED) is 0.799. The molecule has 1 atom stereocenters. The minimum Gasteiger partial charge on any atom is -0.396 e. The number of nitrogens with one attached hydrogen (secondary N) is 1. The summed E-state index contributed by atoms with van der Waals surface area (Å²) in [5.74, 6) is -0.167. The summed E-state index contributed by atoms with van der Waals surface area (Å²) in [4.78, 5) is 16.7. The standard InChI is InChI=1S/C14H19N3O2S/c1-10(6-5-9-18)15-13(19)12-11-7-3-4-8-17(11)14(16-12)20-2/h3-4,7-8,10,18H,5-6,9H2,1-2H3,(H,15,19). The van der Waals surface area contributed by atoms with Gasteiger partial charge >= 0.3 is 0 Å². The molecule has 0 radical (unpaired) electrons. The molecule has 0 spiro atoms. The average molecular weight is 293 g/mol.